The molecule has 0 saturated heterocycles. The molecule has 7 nitrogen and oxygen atoms in total. The summed E-state index contributed by atoms with van der Waals surface area (Å²) in [6.45, 7) is 6.14. The highest BCUT2D eigenvalue weighted by Gasteiger charge is 2.48. The van der Waals surface area contributed by atoms with Crippen LogP contribution in [-0.4, -0.2) is 39.2 Å². The summed E-state index contributed by atoms with van der Waals surface area (Å²) in [5.41, 5.74) is 1.16. The molecule has 0 N–H and O–H groups in total. The minimum Gasteiger partial charge on any atom is -0.268 e. The first-order valence-corrected chi connectivity index (χ1v) is 7.86. The van der Waals surface area contributed by atoms with Crippen molar-refractivity contribution in [2.75, 3.05) is 7.05 Å². The fourth-order valence-electron chi connectivity index (χ4n) is 3.06. The highest BCUT2D eigenvalue weighted by molar-refractivity contribution is 6.06. The number of benzene rings is 1. The van der Waals surface area contributed by atoms with Crippen molar-refractivity contribution in [2.24, 2.45) is 4.99 Å². The summed E-state index contributed by atoms with van der Waals surface area (Å²) < 4.78 is 15.8. The molecule has 3 heterocycles. The third-order valence-electron chi connectivity index (χ3n) is 4.33. The van der Waals surface area contributed by atoms with Crippen molar-refractivity contribution in [2.45, 2.75) is 26.2 Å². The second-order valence-corrected chi connectivity index (χ2v) is 7.04. The molecule has 2 aromatic rings. The average Bonchev–Trinajstić information content (AvgIpc) is 3.18. The first-order valence-electron chi connectivity index (χ1n) is 7.86. The van der Waals surface area contributed by atoms with Gasteiger partial charge >= 0.3 is 5.82 Å². The number of carbonyl (C=O) groups is 1. The number of carbonyl (C=O) groups excluding carboxylic acids is 1. The maximum atomic E-state index is 14.2. The molecule has 1 aromatic carbocycles. The Morgan fingerprint density at radius 3 is 2.72 bits per heavy atom. The SMILES string of the molecule is CN1C(=O)c2c(F)cccc2[N+]2C=NC(n3nncc3C(C)(C)C)=C12. The number of anilines is 1. The molecule has 25 heavy (non-hydrogen) atoms. The molecule has 0 unspecified atom stereocenters. The summed E-state index contributed by atoms with van der Waals surface area (Å²) in [6, 6.07) is 4.55. The van der Waals surface area contributed by atoms with Crippen molar-refractivity contribution >= 4 is 23.8 Å². The summed E-state index contributed by atoms with van der Waals surface area (Å²) >= 11 is 0. The van der Waals surface area contributed by atoms with Gasteiger partial charge in [-0.3, -0.25) is 9.69 Å². The molecule has 1 radical (unpaired) electrons. The molecule has 0 saturated carbocycles. The molecule has 4 rings (SSSR count). The average molecular weight is 340 g/mol. The van der Waals surface area contributed by atoms with Crippen LogP contribution in [0.1, 0.15) is 36.8 Å². The molecule has 0 spiro atoms. The summed E-state index contributed by atoms with van der Waals surface area (Å²) in [4.78, 5) is 20.2. The first-order chi connectivity index (χ1) is 11.8. The van der Waals surface area contributed by atoms with Crippen LogP contribution in [0, 0.1) is 5.82 Å². The highest BCUT2D eigenvalue weighted by atomic mass is 19.1. The van der Waals surface area contributed by atoms with Crippen LogP contribution < -0.4 is 4.90 Å². The van der Waals surface area contributed by atoms with Gasteiger partial charge in [0.1, 0.15) is 11.4 Å². The lowest BCUT2D eigenvalue weighted by Crippen LogP contribution is -2.42. The number of aliphatic imine (C=N–C) groups is 1. The monoisotopic (exact) mass is 340 g/mol. The van der Waals surface area contributed by atoms with Gasteiger partial charge in [-0.15, -0.1) is 5.10 Å². The maximum absolute atomic E-state index is 14.2. The molecule has 1 amide bonds. The predicted octanol–water partition coefficient (Wildman–Crippen LogP) is 2.40. The lowest BCUT2D eigenvalue weighted by molar-refractivity contribution is 0.0810. The van der Waals surface area contributed by atoms with Gasteiger partial charge in [0.05, 0.1) is 11.9 Å². The summed E-state index contributed by atoms with van der Waals surface area (Å²) in [5.74, 6) is 0.0402. The van der Waals surface area contributed by atoms with E-state index in [1.807, 2.05) is 20.8 Å². The smallest absolute Gasteiger partial charge is 0.268 e. The minimum absolute atomic E-state index is 0.0380. The van der Waals surface area contributed by atoms with Gasteiger partial charge < -0.3 is 0 Å². The van der Waals surface area contributed by atoms with E-state index in [2.05, 4.69) is 15.3 Å². The van der Waals surface area contributed by atoms with E-state index < -0.39 is 11.7 Å². The van der Waals surface area contributed by atoms with Crippen molar-refractivity contribution in [3.63, 3.8) is 0 Å². The lowest BCUT2D eigenvalue weighted by atomic mass is 9.93. The van der Waals surface area contributed by atoms with Gasteiger partial charge in [0.15, 0.2) is 0 Å². The fraction of sp³-hybridized carbons (Fsp3) is 0.294. The Kier molecular flexibility index (Phi) is 3.17. The number of fused-ring (bicyclic) bond motifs is 3. The van der Waals surface area contributed by atoms with E-state index in [9.17, 15) is 9.18 Å². The summed E-state index contributed by atoms with van der Waals surface area (Å²) in [5, 5.41) is 8.14. The third kappa shape index (κ3) is 2.14. The zero-order valence-electron chi connectivity index (χ0n) is 14.4. The van der Waals surface area contributed by atoms with Gasteiger partial charge in [0.25, 0.3) is 12.2 Å². The number of hydrogen-bond donors (Lipinski definition) is 0. The topological polar surface area (TPSA) is 69.3 Å². The Labute approximate surface area is 144 Å². The number of aromatic nitrogens is 3. The molecule has 8 heteroatoms. The Balaban J connectivity index is 1.94. The number of halogens is 1. The number of nitrogens with zero attached hydrogens (tertiary/aromatic N) is 6. The van der Waals surface area contributed by atoms with Crippen molar-refractivity contribution < 1.29 is 9.18 Å². The Morgan fingerprint density at radius 2 is 2.00 bits per heavy atom. The van der Waals surface area contributed by atoms with Gasteiger partial charge in [-0.25, -0.2) is 4.39 Å². The number of hydrogen-bond acceptors (Lipinski definition) is 5. The van der Waals surface area contributed by atoms with Crippen LogP contribution in [0.5, 0.6) is 0 Å². The summed E-state index contributed by atoms with van der Waals surface area (Å²) in [7, 11) is 1.60. The fourth-order valence-corrected chi connectivity index (χ4v) is 3.06. The second kappa shape index (κ2) is 5.06. The summed E-state index contributed by atoms with van der Waals surface area (Å²) in [6.07, 6.45) is 3.25. The van der Waals surface area contributed by atoms with Gasteiger partial charge in [-0.1, -0.05) is 32.1 Å². The maximum Gasteiger partial charge on any atom is 0.318 e. The highest BCUT2D eigenvalue weighted by Crippen LogP contribution is 2.38. The van der Waals surface area contributed by atoms with Gasteiger partial charge in [0.2, 0.25) is 11.5 Å². The van der Waals surface area contributed by atoms with Crippen LogP contribution >= 0.6 is 0 Å². The van der Waals surface area contributed by atoms with E-state index in [1.54, 1.807) is 41.3 Å². The minimum atomic E-state index is -0.550. The third-order valence-corrected chi connectivity index (χ3v) is 4.33. The van der Waals surface area contributed by atoms with Gasteiger partial charge in [0, 0.05) is 18.5 Å². The lowest BCUT2D eigenvalue weighted by Gasteiger charge is -2.25. The van der Waals surface area contributed by atoms with Crippen molar-refractivity contribution in [1.29, 1.82) is 0 Å². The van der Waals surface area contributed by atoms with Crippen LogP contribution in [0.15, 0.2) is 35.2 Å². The van der Waals surface area contributed by atoms with E-state index in [0.29, 0.717) is 17.3 Å². The Morgan fingerprint density at radius 1 is 1.24 bits per heavy atom. The number of rotatable bonds is 1. The van der Waals surface area contributed by atoms with Crippen molar-refractivity contribution in [3.8, 4) is 0 Å². The van der Waals surface area contributed by atoms with Crippen LogP contribution in [0.2, 0.25) is 0 Å². The molecule has 127 valence electrons. The molecule has 2 aliphatic rings. The van der Waals surface area contributed by atoms with Crippen LogP contribution in [0.3, 0.4) is 0 Å². The molecule has 2 aliphatic heterocycles. The van der Waals surface area contributed by atoms with Crippen LogP contribution in [0.4, 0.5) is 10.1 Å². The van der Waals surface area contributed by atoms with Crippen LogP contribution in [0.25, 0.3) is 5.82 Å². The van der Waals surface area contributed by atoms with E-state index in [4.69, 9.17) is 0 Å². The van der Waals surface area contributed by atoms with E-state index >= 15 is 0 Å². The standard InChI is InChI=1S/C17H17FN6O/c1-17(2,3)12-8-20-21-24(12)14-15-22(4)16(25)13-10(18)6-5-7-11(13)23(15)9-19-14/h5-9H,1-4H3/q+1. The quantitative estimate of drug-likeness (QED) is 0.749. The first kappa shape index (κ1) is 15.6. The van der Waals surface area contributed by atoms with E-state index in [1.165, 1.54) is 11.0 Å². The van der Waals surface area contributed by atoms with Crippen LogP contribution in [-0.2, 0) is 5.41 Å². The molecular formula is C17H17FN6O+. The zero-order valence-corrected chi connectivity index (χ0v) is 14.4. The largest absolute Gasteiger partial charge is 0.318 e. The Hall–Kier alpha value is -2.87. The molecule has 0 atom stereocenters. The molecule has 0 bridgehead atoms. The molecular weight excluding hydrogens is 323 g/mol. The zero-order chi connectivity index (χ0) is 17.9. The Bertz CT molecular complexity index is 952. The number of amides is 1. The van der Waals surface area contributed by atoms with E-state index in [0.717, 1.165) is 5.69 Å². The second-order valence-electron chi connectivity index (χ2n) is 7.04. The molecule has 1 aromatic heterocycles. The molecule has 0 aliphatic carbocycles. The van der Waals surface area contributed by atoms with Gasteiger partial charge in [-0.05, 0) is 11.0 Å². The predicted molar refractivity (Wildman–Crippen MR) is 90.7 cm³/mol. The normalized spacial score (nSPS) is 17.3. The van der Waals surface area contributed by atoms with Crippen molar-refractivity contribution in [3.05, 3.63) is 47.3 Å². The van der Waals surface area contributed by atoms with E-state index in [-0.39, 0.29) is 11.0 Å². The van der Waals surface area contributed by atoms with Gasteiger partial charge in [-0.2, -0.15) is 9.67 Å². The molecule has 0 fully saturated rings. The van der Waals surface area contributed by atoms with Crippen molar-refractivity contribution in [1.82, 2.24) is 24.8 Å².